The Morgan fingerprint density at radius 1 is 1.55 bits per heavy atom. The number of anilines is 1. The van der Waals surface area contributed by atoms with Gasteiger partial charge in [0.25, 0.3) is 5.69 Å². The van der Waals surface area contributed by atoms with Crippen molar-refractivity contribution < 1.29 is 19.6 Å². The van der Waals surface area contributed by atoms with Crippen molar-refractivity contribution in [1.29, 1.82) is 0 Å². The van der Waals surface area contributed by atoms with E-state index in [2.05, 4.69) is 0 Å². The SMILES string of the molecule is CC1OCCC1N(C)c1ccc(C(=O)O)cc1[N+](=O)[O-]. The third kappa shape index (κ3) is 2.57. The van der Waals surface area contributed by atoms with Crippen molar-refractivity contribution in [3.8, 4) is 0 Å². The molecule has 1 N–H and O–H groups in total. The Labute approximate surface area is 115 Å². The molecule has 1 aromatic carbocycles. The van der Waals surface area contributed by atoms with Gasteiger partial charge in [0.05, 0.1) is 22.6 Å². The van der Waals surface area contributed by atoms with E-state index in [9.17, 15) is 14.9 Å². The number of likely N-dealkylation sites (N-methyl/N-ethyl adjacent to an activating group) is 1. The van der Waals surface area contributed by atoms with Crippen molar-refractivity contribution >= 4 is 17.3 Å². The maximum atomic E-state index is 11.2. The summed E-state index contributed by atoms with van der Waals surface area (Å²) in [5.41, 5.74) is 0.110. The van der Waals surface area contributed by atoms with Crippen LogP contribution in [0.5, 0.6) is 0 Å². The highest BCUT2D eigenvalue weighted by molar-refractivity contribution is 5.89. The van der Waals surface area contributed by atoms with Gasteiger partial charge in [0.15, 0.2) is 0 Å². The second kappa shape index (κ2) is 5.46. The van der Waals surface area contributed by atoms with Crippen LogP contribution < -0.4 is 4.90 Å². The van der Waals surface area contributed by atoms with Crippen LogP contribution in [0.2, 0.25) is 0 Å². The highest BCUT2D eigenvalue weighted by Crippen LogP contribution is 2.32. The molecule has 1 heterocycles. The fourth-order valence-electron chi connectivity index (χ4n) is 2.51. The first-order valence-electron chi connectivity index (χ1n) is 6.28. The number of nitro groups is 1. The maximum absolute atomic E-state index is 11.2. The lowest BCUT2D eigenvalue weighted by Gasteiger charge is -2.28. The second-order valence-corrected chi connectivity index (χ2v) is 4.81. The average molecular weight is 280 g/mol. The largest absolute Gasteiger partial charge is 0.478 e. The molecular weight excluding hydrogens is 264 g/mol. The van der Waals surface area contributed by atoms with Crippen molar-refractivity contribution in [3.05, 3.63) is 33.9 Å². The summed E-state index contributed by atoms with van der Waals surface area (Å²) in [4.78, 5) is 23.3. The van der Waals surface area contributed by atoms with Crippen LogP contribution >= 0.6 is 0 Å². The van der Waals surface area contributed by atoms with E-state index >= 15 is 0 Å². The van der Waals surface area contributed by atoms with Crippen LogP contribution in [0.1, 0.15) is 23.7 Å². The van der Waals surface area contributed by atoms with Crippen LogP contribution in [0, 0.1) is 10.1 Å². The molecule has 0 saturated carbocycles. The summed E-state index contributed by atoms with van der Waals surface area (Å²) in [7, 11) is 1.76. The van der Waals surface area contributed by atoms with Gasteiger partial charge in [-0.1, -0.05) is 0 Å². The number of carboxylic acid groups (broad SMARTS) is 1. The molecule has 0 spiro atoms. The number of nitrogens with zero attached hydrogens (tertiary/aromatic N) is 2. The minimum absolute atomic E-state index is 0.0150. The number of carboxylic acids is 1. The smallest absolute Gasteiger partial charge is 0.335 e. The first kappa shape index (κ1) is 14.3. The molecule has 1 aliphatic rings. The second-order valence-electron chi connectivity index (χ2n) is 4.81. The Hall–Kier alpha value is -2.15. The Morgan fingerprint density at radius 2 is 2.25 bits per heavy atom. The van der Waals surface area contributed by atoms with E-state index in [0.29, 0.717) is 12.3 Å². The number of aromatic carboxylic acids is 1. The van der Waals surface area contributed by atoms with E-state index in [4.69, 9.17) is 9.84 Å². The number of rotatable bonds is 4. The van der Waals surface area contributed by atoms with Crippen LogP contribution in [-0.4, -0.2) is 41.8 Å². The van der Waals surface area contributed by atoms with Crippen LogP contribution in [-0.2, 0) is 4.74 Å². The quantitative estimate of drug-likeness (QED) is 0.669. The van der Waals surface area contributed by atoms with Gasteiger partial charge in [-0.25, -0.2) is 4.79 Å². The van der Waals surface area contributed by atoms with Gasteiger partial charge < -0.3 is 14.7 Å². The topological polar surface area (TPSA) is 92.9 Å². The predicted octanol–water partition coefficient (Wildman–Crippen LogP) is 1.91. The predicted molar refractivity (Wildman–Crippen MR) is 72.3 cm³/mol. The third-order valence-electron chi connectivity index (χ3n) is 3.63. The molecule has 0 aromatic heterocycles. The lowest BCUT2D eigenvalue weighted by atomic mass is 10.1. The van der Waals surface area contributed by atoms with Gasteiger partial charge in [-0.3, -0.25) is 10.1 Å². The molecule has 0 amide bonds. The van der Waals surface area contributed by atoms with E-state index < -0.39 is 10.9 Å². The Kier molecular flexibility index (Phi) is 3.89. The number of carbonyl (C=O) groups is 1. The van der Waals surface area contributed by atoms with E-state index in [1.165, 1.54) is 12.1 Å². The van der Waals surface area contributed by atoms with Gasteiger partial charge in [-0.15, -0.1) is 0 Å². The molecule has 1 saturated heterocycles. The molecule has 1 fully saturated rings. The first-order chi connectivity index (χ1) is 9.41. The van der Waals surface area contributed by atoms with Gasteiger partial charge in [-0.05, 0) is 25.5 Å². The summed E-state index contributed by atoms with van der Waals surface area (Å²) in [5, 5.41) is 20.1. The van der Waals surface area contributed by atoms with Gasteiger partial charge in [0.2, 0.25) is 0 Å². The molecule has 0 radical (unpaired) electrons. The van der Waals surface area contributed by atoms with E-state index in [1.54, 1.807) is 11.9 Å². The molecular formula is C13H16N2O5. The minimum Gasteiger partial charge on any atom is -0.478 e. The molecule has 108 valence electrons. The lowest BCUT2D eigenvalue weighted by molar-refractivity contribution is -0.384. The molecule has 2 atom stereocenters. The summed E-state index contributed by atoms with van der Waals surface area (Å²) < 4.78 is 5.46. The molecule has 0 bridgehead atoms. The van der Waals surface area contributed by atoms with E-state index in [0.717, 1.165) is 12.5 Å². The first-order valence-corrected chi connectivity index (χ1v) is 6.28. The summed E-state index contributed by atoms with van der Waals surface area (Å²) in [6.45, 7) is 2.54. The minimum atomic E-state index is -1.18. The van der Waals surface area contributed by atoms with Crippen molar-refractivity contribution in [2.24, 2.45) is 0 Å². The highest BCUT2D eigenvalue weighted by Gasteiger charge is 2.31. The van der Waals surface area contributed by atoms with Crippen LogP contribution in [0.3, 0.4) is 0 Å². The van der Waals surface area contributed by atoms with Crippen LogP contribution in [0.15, 0.2) is 18.2 Å². The zero-order valence-electron chi connectivity index (χ0n) is 11.3. The number of hydrogen-bond donors (Lipinski definition) is 1. The van der Waals surface area contributed by atoms with Crippen molar-refractivity contribution in [3.63, 3.8) is 0 Å². The monoisotopic (exact) mass is 280 g/mol. The summed E-state index contributed by atoms with van der Waals surface area (Å²) >= 11 is 0. The summed E-state index contributed by atoms with van der Waals surface area (Å²) in [6, 6.07) is 3.99. The lowest BCUT2D eigenvalue weighted by Crippen LogP contribution is -2.37. The molecule has 20 heavy (non-hydrogen) atoms. The van der Waals surface area contributed by atoms with Crippen molar-refractivity contribution in [1.82, 2.24) is 0 Å². The molecule has 0 aliphatic carbocycles. The fourth-order valence-corrected chi connectivity index (χ4v) is 2.51. The Morgan fingerprint density at radius 3 is 2.75 bits per heavy atom. The standard InChI is InChI=1S/C13H16N2O5/c1-8-10(5-6-20-8)14(2)11-4-3-9(13(16)17)7-12(11)15(18)19/h3-4,7-8,10H,5-6H2,1-2H3,(H,16,17). The van der Waals surface area contributed by atoms with Gasteiger partial charge in [-0.2, -0.15) is 0 Å². The van der Waals surface area contributed by atoms with E-state index in [-0.39, 0.29) is 23.4 Å². The zero-order chi connectivity index (χ0) is 14.9. The molecule has 7 heteroatoms. The Bertz CT molecular complexity index is 546. The van der Waals surface area contributed by atoms with Crippen molar-refractivity contribution in [2.75, 3.05) is 18.6 Å². The molecule has 2 rings (SSSR count). The number of ether oxygens (including phenoxy) is 1. The molecule has 1 aliphatic heterocycles. The van der Waals surface area contributed by atoms with Crippen molar-refractivity contribution in [2.45, 2.75) is 25.5 Å². The molecule has 7 nitrogen and oxygen atoms in total. The fraction of sp³-hybridized carbons (Fsp3) is 0.462. The van der Waals surface area contributed by atoms with Gasteiger partial charge >= 0.3 is 5.97 Å². The summed E-state index contributed by atoms with van der Waals surface area (Å²) in [6.07, 6.45) is 0.772. The molecule has 2 unspecified atom stereocenters. The normalized spacial score (nSPS) is 21.7. The highest BCUT2D eigenvalue weighted by atomic mass is 16.6. The molecule has 1 aromatic rings. The zero-order valence-corrected chi connectivity index (χ0v) is 11.3. The van der Waals surface area contributed by atoms with Crippen LogP contribution in [0.25, 0.3) is 0 Å². The Balaban J connectivity index is 2.40. The van der Waals surface area contributed by atoms with Gasteiger partial charge in [0, 0.05) is 19.7 Å². The van der Waals surface area contributed by atoms with Gasteiger partial charge in [0.1, 0.15) is 5.69 Å². The maximum Gasteiger partial charge on any atom is 0.335 e. The number of hydrogen-bond acceptors (Lipinski definition) is 5. The summed E-state index contributed by atoms with van der Waals surface area (Å²) in [5.74, 6) is -1.18. The number of benzene rings is 1. The average Bonchev–Trinajstić information content (AvgIpc) is 2.83. The third-order valence-corrected chi connectivity index (χ3v) is 3.63. The number of nitro benzene ring substituents is 1. The van der Waals surface area contributed by atoms with E-state index in [1.807, 2.05) is 6.92 Å². The van der Waals surface area contributed by atoms with Crippen LogP contribution in [0.4, 0.5) is 11.4 Å².